The molecule has 144 valence electrons. The third kappa shape index (κ3) is 3.63. The molecule has 4 rings (SSSR count). The summed E-state index contributed by atoms with van der Waals surface area (Å²) in [6.45, 7) is 7.14. The van der Waals surface area contributed by atoms with Crippen molar-refractivity contribution in [2.24, 2.45) is 0 Å². The van der Waals surface area contributed by atoms with Gasteiger partial charge in [-0.1, -0.05) is 12.1 Å². The van der Waals surface area contributed by atoms with Crippen LogP contribution in [0.1, 0.15) is 21.6 Å². The summed E-state index contributed by atoms with van der Waals surface area (Å²) in [6, 6.07) is 14.3. The molecule has 0 aliphatic carbocycles. The molecule has 0 spiro atoms. The molecule has 1 N–H and O–H groups in total. The van der Waals surface area contributed by atoms with Crippen molar-refractivity contribution in [2.45, 2.75) is 13.8 Å². The van der Waals surface area contributed by atoms with E-state index >= 15 is 0 Å². The first-order valence-electron chi connectivity index (χ1n) is 9.44. The maximum absolute atomic E-state index is 13.1. The van der Waals surface area contributed by atoms with Gasteiger partial charge in [0, 0.05) is 37.4 Å². The number of amides is 1. The van der Waals surface area contributed by atoms with Crippen LogP contribution in [0.15, 0.2) is 48.5 Å². The number of rotatable bonds is 3. The van der Waals surface area contributed by atoms with E-state index in [1.165, 1.54) is 28.9 Å². The summed E-state index contributed by atoms with van der Waals surface area (Å²) in [6.07, 6.45) is 0. The topological polar surface area (TPSA) is 52.2 Å². The number of nitrogens with one attached hydrogen (secondary N) is 1. The molecule has 3 aromatic rings. The van der Waals surface area contributed by atoms with E-state index in [4.69, 9.17) is 0 Å². The molecule has 2 aromatic carbocycles. The Morgan fingerprint density at radius 3 is 2.43 bits per heavy atom. The van der Waals surface area contributed by atoms with E-state index in [1.54, 1.807) is 18.2 Å². The second-order valence-electron chi connectivity index (χ2n) is 7.24. The van der Waals surface area contributed by atoms with Gasteiger partial charge in [-0.2, -0.15) is 5.10 Å². The van der Waals surface area contributed by atoms with Gasteiger partial charge in [-0.15, -0.1) is 0 Å². The second kappa shape index (κ2) is 7.46. The van der Waals surface area contributed by atoms with Crippen LogP contribution in [0.5, 0.6) is 0 Å². The number of H-pyrrole nitrogens is 1. The summed E-state index contributed by atoms with van der Waals surface area (Å²) in [5.41, 5.74) is 5.60. The number of benzene rings is 2. The summed E-state index contributed by atoms with van der Waals surface area (Å²) in [5.74, 6) is -0.348. The lowest BCUT2D eigenvalue weighted by molar-refractivity contribution is 0.0741. The number of aromatic amines is 1. The molecule has 1 aliphatic rings. The number of aromatic nitrogens is 2. The van der Waals surface area contributed by atoms with E-state index in [0.29, 0.717) is 24.5 Å². The first kappa shape index (κ1) is 18.2. The van der Waals surface area contributed by atoms with Crippen molar-refractivity contribution in [2.75, 3.05) is 31.1 Å². The molecule has 1 aliphatic heterocycles. The minimum absolute atomic E-state index is 0.0542. The Bertz CT molecular complexity index is 988. The predicted molar refractivity (Wildman–Crippen MR) is 108 cm³/mol. The van der Waals surface area contributed by atoms with Crippen molar-refractivity contribution >= 4 is 11.6 Å². The van der Waals surface area contributed by atoms with Gasteiger partial charge in [0.15, 0.2) is 0 Å². The van der Waals surface area contributed by atoms with Gasteiger partial charge in [0.05, 0.1) is 5.69 Å². The minimum atomic E-state index is -0.294. The lowest BCUT2D eigenvalue weighted by Gasteiger charge is -2.36. The number of piperazine rings is 1. The zero-order chi connectivity index (χ0) is 19.7. The molecule has 0 radical (unpaired) electrons. The number of halogens is 1. The van der Waals surface area contributed by atoms with E-state index in [0.717, 1.165) is 18.7 Å². The van der Waals surface area contributed by atoms with Crippen LogP contribution in [0.25, 0.3) is 11.3 Å². The molecule has 0 saturated carbocycles. The monoisotopic (exact) mass is 378 g/mol. The van der Waals surface area contributed by atoms with Crippen molar-refractivity contribution in [1.29, 1.82) is 0 Å². The average Bonchev–Trinajstić information content (AvgIpc) is 3.20. The third-order valence-electron chi connectivity index (χ3n) is 5.22. The highest BCUT2D eigenvalue weighted by Crippen LogP contribution is 2.24. The van der Waals surface area contributed by atoms with Gasteiger partial charge in [0.2, 0.25) is 0 Å². The number of aryl methyl sites for hydroxylation is 2. The molecule has 28 heavy (non-hydrogen) atoms. The fraction of sp³-hybridized carbons (Fsp3) is 0.273. The van der Waals surface area contributed by atoms with Gasteiger partial charge in [-0.25, -0.2) is 4.39 Å². The normalized spacial score (nSPS) is 14.4. The van der Waals surface area contributed by atoms with Crippen LogP contribution in [0.2, 0.25) is 0 Å². The highest BCUT2D eigenvalue weighted by Gasteiger charge is 2.24. The van der Waals surface area contributed by atoms with Gasteiger partial charge in [-0.05, 0) is 61.4 Å². The molecule has 6 heteroatoms. The SMILES string of the molecule is Cc1ccc(C)c(N2CCN(C(=O)c3cc(-c4ccc(F)cc4)n[nH]3)CC2)c1. The van der Waals surface area contributed by atoms with Crippen LogP contribution in [0.3, 0.4) is 0 Å². The van der Waals surface area contributed by atoms with Gasteiger partial charge in [-0.3, -0.25) is 9.89 Å². The van der Waals surface area contributed by atoms with Gasteiger partial charge < -0.3 is 9.80 Å². The quantitative estimate of drug-likeness (QED) is 0.754. The van der Waals surface area contributed by atoms with Gasteiger partial charge in [0.1, 0.15) is 11.5 Å². The fourth-order valence-corrected chi connectivity index (χ4v) is 3.58. The van der Waals surface area contributed by atoms with Crippen LogP contribution in [-0.4, -0.2) is 47.2 Å². The largest absolute Gasteiger partial charge is 0.368 e. The molecule has 0 atom stereocenters. The molecule has 1 amide bonds. The van der Waals surface area contributed by atoms with Crippen LogP contribution < -0.4 is 4.90 Å². The zero-order valence-electron chi connectivity index (χ0n) is 16.1. The van der Waals surface area contributed by atoms with Crippen LogP contribution >= 0.6 is 0 Å². The first-order valence-corrected chi connectivity index (χ1v) is 9.44. The Labute approximate surface area is 163 Å². The van der Waals surface area contributed by atoms with E-state index in [9.17, 15) is 9.18 Å². The van der Waals surface area contributed by atoms with Crippen LogP contribution in [-0.2, 0) is 0 Å². The van der Waals surface area contributed by atoms with Crippen molar-refractivity contribution in [3.05, 3.63) is 71.2 Å². The number of hydrogen-bond donors (Lipinski definition) is 1. The number of hydrogen-bond acceptors (Lipinski definition) is 3. The minimum Gasteiger partial charge on any atom is -0.368 e. The predicted octanol–water partition coefficient (Wildman–Crippen LogP) is 3.80. The molecule has 1 aromatic heterocycles. The maximum atomic E-state index is 13.1. The second-order valence-corrected chi connectivity index (χ2v) is 7.24. The molecule has 5 nitrogen and oxygen atoms in total. The van der Waals surface area contributed by atoms with Crippen molar-refractivity contribution in [1.82, 2.24) is 15.1 Å². The lowest BCUT2D eigenvalue weighted by Crippen LogP contribution is -2.49. The Morgan fingerprint density at radius 1 is 1.00 bits per heavy atom. The molecule has 0 bridgehead atoms. The Morgan fingerprint density at radius 2 is 1.71 bits per heavy atom. The standard InChI is InChI=1S/C22H23FN4O/c1-15-3-4-16(2)21(13-15)26-9-11-27(12-10-26)22(28)20-14-19(24-25-20)17-5-7-18(23)8-6-17/h3-8,13-14H,9-12H2,1-2H3,(H,24,25). The third-order valence-corrected chi connectivity index (χ3v) is 5.22. The Balaban J connectivity index is 1.43. The summed E-state index contributed by atoms with van der Waals surface area (Å²) >= 11 is 0. The summed E-state index contributed by atoms with van der Waals surface area (Å²) in [4.78, 5) is 17.0. The first-order chi connectivity index (χ1) is 13.5. The Hall–Kier alpha value is -3.15. The van der Waals surface area contributed by atoms with E-state index in [-0.39, 0.29) is 11.7 Å². The van der Waals surface area contributed by atoms with E-state index in [1.807, 2.05) is 4.90 Å². The summed E-state index contributed by atoms with van der Waals surface area (Å²) in [5, 5.41) is 7.04. The highest BCUT2D eigenvalue weighted by atomic mass is 19.1. The molecule has 2 heterocycles. The van der Waals surface area contributed by atoms with Crippen molar-refractivity contribution in [3.8, 4) is 11.3 Å². The fourth-order valence-electron chi connectivity index (χ4n) is 3.58. The van der Waals surface area contributed by atoms with E-state index < -0.39 is 0 Å². The maximum Gasteiger partial charge on any atom is 0.272 e. The van der Waals surface area contributed by atoms with Crippen LogP contribution in [0.4, 0.5) is 10.1 Å². The van der Waals surface area contributed by atoms with Crippen LogP contribution in [0, 0.1) is 19.7 Å². The average molecular weight is 378 g/mol. The molecule has 0 unspecified atom stereocenters. The highest BCUT2D eigenvalue weighted by molar-refractivity contribution is 5.93. The summed E-state index contributed by atoms with van der Waals surface area (Å²) in [7, 11) is 0. The van der Waals surface area contributed by atoms with Crippen molar-refractivity contribution < 1.29 is 9.18 Å². The van der Waals surface area contributed by atoms with Gasteiger partial charge in [0.25, 0.3) is 5.91 Å². The number of carbonyl (C=O) groups is 1. The molecular formula is C22H23FN4O. The summed E-state index contributed by atoms with van der Waals surface area (Å²) < 4.78 is 13.1. The van der Waals surface area contributed by atoms with Gasteiger partial charge >= 0.3 is 0 Å². The molecule has 1 fully saturated rings. The Kier molecular flexibility index (Phi) is 4.86. The lowest BCUT2D eigenvalue weighted by atomic mass is 10.1. The number of nitrogens with zero attached hydrogens (tertiary/aromatic N) is 3. The smallest absolute Gasteiger partial charge is 0.272 e. The van der Waals surface area contributed by atoms with E-state index in [2.05, 4.69) is 47.1 Å². The number of carbonyl (C=O) groups excluding carboxylic acids is 1. The number of anilines is 1. The molecular weight excluding hydrogens is 355 g/mol. The van der Waals surface area contributed by atoms with Crippen molar-refractivity contribution in [3.63, 3.8) is 0 Å². The molecule has 1 saturated heterocycles. The zero-order valence-corrected chi connectivity index (χ0v) is 16.1.